The summed E-state index contributed by atoms with van der Waals surface area (Å²) in [5.41, 5.74) is 16.3. The summed E-state index contributed by atoms with van der Waals surface area (Å²) in [5, 5.41) is 10.0. The monoisotopic (exact) mass is 864 g/mol. The third-order valence-electron chi connectivity index (χ3n) is 13.8. The van der Waals surface area contributed by atoms with E-state index in [2.05, 4.69) is 276 Å². The number of rotatable bonds is 8. The largest absolute Gasteiger partial charge is 0.310 e. The summed E-state index contributed by atoms with van der Waals surface area (Å²) in [5.74, 6) is 0. The third kappa shape index (κ3) is 6.65. The predicted octanol–water partition coefficient (Wildman–Crippen LogP) is 18.4. The quantitative estimate of drug-likeness (QED) is 0.138. The van der Waals surface area contributed by atoms with Gasteiger partial charge in [-0.3, -0.25) is 0 Å². The minimum absolute atomic E-state index is 1.08. The molecule has 318 valence electrons. The molecule has 12 aromatic carbocycles. The highest BCUT2D eigenvalue weighted by Crippen LogP contribution is 2.45. The number of benzene rings is 12. The van der Waals surface area contributed by atoms with Gasteiger partial charge in [0, 0.05) is 33.4 Å². The summed E-state index contributed by atoms with van der Waals surface area (Å²) in [6, 6.07) is 97.5. The first-order chi connectivity index (χ1) is 33.7. The zero-order valence-electron chi connectivity index (χ0n) is 37.3. The fraction of sp³-hybridized carbons (Fsp3) is 0. The summed E-state index contributed by atoms with van der Waals surface area (Å²) in [4.78, 5) is 2.42. The smallest absolute Gasteiger partial charge is 0.0547 e. The zero-order chi connectivity index (χ0) is 45.0. The molecule has 13 rings (SSSR count). The molecule has 1 heterocycles. The van der Waals surface area contributed by atoms with Crippen LogP contribution in [0.4, 0.5) is 17.1 Å². The van der Waals surface area contributed by atoms with E-state index in [-0.39, 0.29) is 0 Å². The van der Waals surface area contributed by atoms with E-state index in [1.165, 1.54) is 87.5 Å². The molecule has 0 atom stereocenters. The maximum Gasteiger partial charge on any atom is 0.0547 e. The number of para-hydroxylation sites is 3. The SMILES string of the molecule is c1ccc(-n2c3ccccc3c3c(-c4cccc(-c5ccccc5N(c5ccc(-c6cccc7ccccc67)cc5)c5ccc(-c6cc7ccccc7c7ccccc67)cc5)c4)cccc32)cc1. The Kier molecular flexibility index (Phi) is 9.54. The van der Waals surface area contributed by atoms with Gasteiger partial charge in [-0.1, -0.05) is 200 Å². The van der Waals surface area contributed by atoms with Gasteiger partial charge in [0.2, 0.25) is 0 Å². The van der Waals surface area contributed by atoms with Crippen molar-refractivity contribution in [2.24, 2.45) is 0 Å². The molecular weight excluding hydrogens is 821 g/mol. The Labute approximate surface area is 395 Å². The second-order valence-electron chi connectivity index (χ2n) is 17.6. The minimum atomic E-state index is 1.08. The topological polar surface area (TPSA) is 8.17 Å². The molecule has 0 aliphatic carbocycles. The van der Waals surface area contributed by atoms with E-state index < -0.39 is 0 Å². The second-order valence-corrected chi connectivity index (χ2v) is 17.6. The van der Waals surface area contributed by atoms with E-state index in [1.807, 2.05) is 0 Å². The summed E-state index contributed by atoms with van der Waals surface area (Å²) in [7, 11) is 0. The molecule has 0 saturated heterocycles. The first-order valence-corrected chi connectivity index (χ1v) is 23.4. The van der Waals surface area contributed by atoms with Crippen LogP contribution in [0.15, 0.2) is 267 Å². The van der Waals surface area contributed by atoms with E-state index >= 15 is 0 Å². The first-order valence-electron chi connectivity index (χ1n) is 23.4. The van der Waals surface area contributed by atoms with Gasteiger partial charge in [0.1, 0.15) is 0 Å². The van der Waals surface area contributed by atoms with E-state index in [4.69, 9.17) is 0 Å². The molecule has 0 fully saturated rings. The van der Waals surface area contributed by atoms with Crippen molar-refractivity contribution in [1.82, 2.24) is 4.57 Å². The summed E-state index contributed by atoms with van der Waals surface area (Å²) >= 11 is 0. The third-order valence-corrected chi connectivity index (χ3v) is 13.8. The van der Waals surface area contributed by atoms with Gasteiger partial charge in [-0.05, 0) is 138 Å². The van der Waals surface area contributed by atoms with Crippen LogP contribution in [0.2, 0.25) is 0 Å². The minimum Gasteiger partial charge on any atom is -0.310 e. The first kappa shape index (κ1) is 39.4. The van der Waals surface area contributed by atoms with Gasteiger partial charge in [-0.25, -0.2) is 0 Å². The van der Waals surface area contributed by atoms with Crippen LogP contribution < -0.4 is 4.90 Å². The lowest BCUT2D eigenvalue weighted by Crippen LogP contribution is -2.11. The highest BCUT2D eigenvalue weighted by molar-refractivity contribution is 6.16. The van der Waals surface area contributed by atoms with Crippen molar-refractivity contribution < 1.29 is 0 Å². The van der Waals surface area contributed by atoms with Gasteiger partial charge in [-0.15, -0.1) is 0 Å². The number of anilines is 3. The maximum atomic E-state index is 2.42. The van der Waals surface area contributed by atoms with Crippen LogP contribution in [0.25, 0.3) is 104 Å². The van der Waals surface area contributed by atoms with Crippen molar-refractivity contribution in [2.45, 2.75) is 0 Å². The number of hydrogen-bond acceptors (Lipinski definition) is 1. The Morgan fingerprint density at radius 1 is 0.265 bits per heavy atom. The molecule has 0 aliphatic heterocycles. The van der Waals surface area contributed by atoms with Crippen LogP contribution in [0, 0.1) is 0 Å². The average Bonchev–Trinajstić information content (AvgIpc) is 3.76. The number of hydrogen-bond donors (Lipinski definition) is 0. The molecule has 0 N–H and O–H groups in total. The molecule has 0 unspecified atom stereocenters. The number of nitrogens with zero attached hydrogens (tertiary/aromatic N) is 2. The van der Waals surface area contributed by atoms with Gasteiger partial charge in [0.25, 0.3) is 0 Å². The second kappa shape index (κ2) is 16.5. The van der Waals surface area contributed by atoms with Crippen LogP contribution in [0.3, 0.4) is 0 Å². The number of aromatic nitrogens is 1. The van der Waals surface area contributed by atoms with Crippen LogP contribution in [0.1, 0.15) is 0 Å². The Balaban J connectivity index is 0.959. The summed E-state index contributed by atoms with van der Waals surface area (Å²) < 4.78 is 2.39. The fourth-order valence-electron chi connectivity index (χ4n) is 10.7. The lowest BCUT2D eigenvalue weighted by atomic mass is 9.93. The summed E-state index contributed by atoms with van der Waals surface area (Å²) in [6.07, 6.45) is 0. The molecule has 0 spiro atoms. The average molecular weight is 865 g/mol. The fourth-order valence-corrected chi connectivity index (χ4v) is 10.7. The Morgan fingerprint density at radius 3 is 1.56 bits per heavy atom. The van der Waals surface area contributed by atoms with Crippen molar-refractivity contribution in [2.75, 3.05) is 4.90 Å². The van der Waals surface area contributed by atoms with Crippen molar-refractivity contribution in [3.8, 4) is 50.2 Å². The Morgan fingerprint density at radius 2 is 0.779 bits per heavy atom. The Hall–Kier alpha value is -8.98. The van der Waals surface area contributed by atoms with E-state index in [0.29, 0.717) is 0 Å². The molecule has 0 aliphatic rings. The molecule has 1 aromatic heterocycles. The molecule has 13 aromatic rings. The van der Waals surface area contributed by atoms with Crippen LogP contribution >= 0.6 is 0 Å². The molecule has 0 radical (unpaired) electrons. The molecule has 68 heavy (non-hydrogen) atoms. The van der Waals surface area contributed by atoms with Gasteiger partial charge in [0.05, 0.1) is 16.7 Å². The van der Waals surface area contributed by atoms with Crippen molar-refractivity contribution in [3.63, 3.8) is 0 Å². The highest BCUT2D eigenvalue weighted by atomic mass is 15.1. The van der Waals surface area contributed by atoms with Gasteiger partial charge in [0.15, 0.2) is 0 Å². The van der Waals surface area contributed by atoms with Gasteiger partial charge in [-0.2, -0.15) is 0 Å². The highest BCUT2D eigenvalue weighted by Gasteiger charge is 2.20. The van der Waals surface area contributed by atoms with Crippen LogP contribution in [0.5, 0.6) is 0 Å². The predicted molar refractivity (Wildman–Crippen MR) is 290 cm³/mol. The lowest BCUT2D eigenvalue weighted by Gasteiger charge is -2.28. The van der Waals surface area contributed by atoms with E-state index in [1.54, 1.807) is 0 Å². The molecule has 0 saturated carbocycles. The van der Waals surface area contributed by atoms with E-state index in [9.17, 15) is 0 Å². The van der Waals surface area contributed by atoms with Gasteiger partial charge < -0.3 is 9.47 Å². The zero-order valence-corrected chi connectivity index (χ0v) is 37.3. The maximum absolute atomic E-state index is 2.42. The Bertz CT molecular complexity index is 4010. The van der Waals surface area contributed by atoms with Crippen LogP contribution in [-0.2, 0) is 0 Å². The standard InChI is InChI=1S/C66H44N2/c1-2-22-51(23-3-1)68-64-33-13-11-29-61(64)66-58(31-16-34-65(66)68)49-21-14-20-48(43-49)57-26-10-12-32-63(57)67(52-39-35-46(36-40-52)55-30-15-19-45-17-4-6-24-54(45)55)53-41-37-47(38-42-53)62-44-50-18-5-7-25-56(50)59-27-8-9-28-60(59)62/h1-44H. The number of fused-ring (bicyclic) bond motifs is 7. The molecule has 0 bridgehead atoms. The van der Waals surface area contributed by atoms with E-state index in [0.717, 1.165) is 33.9 Å². The van der Waals surface area contributed by atoms with Crippen molar-refractivity contribution in [3.05, 3.63) is 267 Å². The lowest BCUT2D eigenvalue weighted by molar-refractivity contribution is 1.18. The van der Waals surface area contributed by atoms with Crippen molar-refractivity contribution >= 4 is 71.2 Å². The molecule has 2 heteroatoms. The normalized spacial score (nSPS) is 11.5. The molecular formula is C66H44N2. The van der Waals surface area contributed by atoms with Crippen molar-refractivity contribution in [1.29, 1.82) is 0 Å². The van der Waals surface area contributed by atoms with Crippen LogP contribution in [-0.4, -0.2) is 4.57 Å². The molecule has 2 nitrogen and oxygen atoms in total. The van der Waals surface area contributed by atoms with Gasteiger partial charge >= 0.3 is 0 Å². The molecule has 0 amide bonds. The summed E-state index contributed by atoms with van der Waals surface area (Å²) in [6.45, 7) is 0.